The first kappa shape index (κ1) is 18.5. The van der Waals surface area contributed by atoms with E-state index in [1.165, 1.54) is 19.3 Å². The van der Waals surface area contributed by atoms with Crippen LogP contribution in [0.4, 0.5) is 0 Å². The predicted octanol–water partition coefficient (Wildman–Crippen LogP) is 4.45. The average Bonchev–Trinajstić information content (AvgIpc) is 2.61. The van der Waals surface area contributed by atoms with Gasteiger partial charge < -0.3 is 9.47 Å². The summed E-state index contributed by atoms with van der Waals surface area (Å²) in [5.74, 6) is 0.640. The first-order chi connectivity index (χ1) is 11.7. The summed E-state index contributed by atoms with van der Waals surface area (Å²) in [6, 6.07) is 7.53. The molecule has 4 heteroatoms. The van der Waals surface area contributed by atoms with Crippen LogP contribution in [0.5, 0.6) is 5.75 Å². The fraction of sp³-hybridized carbons (Fsp3) is 0.600. The zero-order valence-electron chi connectivity index (χ0n) is 14.6. The number of benzene rings is 1. The van der Waals surface area contributed by atoms with E-state index < -0.39 is 0 Å². The van der Waals surface area contributed by atoms with E-state index in [9.17, 15) is 9.59 Å². The molecule has 1 aliphatic rings. The number of rotatable bonds is 8. The topological polar surface area (TPSA) is 52.6 Å². The minimum atomic E-state index is -0.295. The first-order valence-electron chi connectivity index (χ1n) is 9.13. The van der Waals surface area contributed by atoms with E-state index in [-0.39, 0.29) is 24.8 Å². The number of hydrogen-bond donors (Lipinski definition) is 0. The van der Waals surface area contributed by atoms with Gasteiger partial charge in [-0.15, -0.1) is 0 Å². The molecule has 0 aliphatic heterocycles. The minimum absolute atomic E-state index is 0.206. The molecule has 1 aliphatic carbocycles. The monoisotopic (exact) mass is 332 g/mol. The molecule has 2 rings (SSSR count). The zero-order valence-corrected chi connectivity index (χ0v) is 14.6. The lowest BCUT2D eigenvalue weighted by Crippen LogP contribution is -2.17. The lowest BCUT2D eigenvalue weighted by molar-refractivity contribution is -0.145. The number of hydrogen-bond acceptors (Lipinski definition) is 4. The van der Waals surface area contributed by atoms with Crippen molar-refractivity contribution >= 4 is 11.9 Å². The Hall–Kier alpha value is -1.84. The van der Waals surface area contributed by atoms with Gasteiger partial charge in [0.2, 0.25) is 0 Å². The second-order valence-electron chi connectivity index (χ2n) is 6.48. The SMILES string of the molecule is CCc1ccccc1OC(=O)CCCC(=O)OCC1CCCCC1. The molecule has 1 fully saturated rings. The lowest BCUT2D eigenvalue weighted by Gasteiger charge is -2.20. The summed E-state index contributed by atoms with van der Waals surface area (Å²) in [5.41, 5.74) is 1.01. The third-order valence-electron chi connectivity index (χ3n) is 4.54. The molecule has 0 saturated heterocycles. The van der Waals surface area contributed by atoms with Crippen LogP contribution >= 0.6 is 0 Å². The fourth-order valence-electron chi connectivity index (χ4n) is 3.08. The second-order valence-corrected chi connectivity index (χ2v) is 6.48. The molecular weight excluding hydrogens is 304 g/mol. The van der Waals surface area contributed by atoms with Crippen molar-refractivity contribution < 1.29 is 19.1 Å². The Labute approximate surface area is 144 Å². The molecule has 0 heterocycles. The Bertz CT molecular complexity index is 532. The molecule has 0 aromatic heterocycles. The van der Waals surface area contributed by atoms with E-state index in [0.717, 1.165) is 24.8 Å². The van der Waals surface area contributed by atoms with Gasteiger partial charge in [-0.1, -0.05) is 44.4 Å². The Balaban J connectivity index is 1.62. The summed E-state index contributed by atoms with van der Waals surface area (Å²) >= 11 is 0. The molecule has 1 aromatic rings. The summed E-state index contributed by atoms with van der Waals surface area (Å²) in [6.07, 6.45) is 7.91. The highest BCUT2D eigenvalue weighted by molar-refractivity contribution is 5.74. The van der Waals surface area contributed by atoms with Gasteiger partial charge in [-0.25, -0.2) is 0 Å². The van der Waals surface area contributed by atoms with Crippen molar-refractivity contribution in [2.75, 3.05) is 6.61 Å². The summed E-state index contributed by atoms with van der Waals surface area (Å²) in [5, 5.41) is 0. The zero-order chi connectivity index (χ0) is 17.2. The van der Waals surface area contributed by atoms with E-state index in [1.807, 2.05) is 25.1 Å². The Morgan fingerprint density at radius 1 is 1.04 bits per heavy atom. The number of carbonyl (C=O) groups excluding carboxylic acids is 2. The summed E-state index contributed by atoms with van der Waals surface area (Å²) < 4.78 is 10.7. The highest BCUT2D eigenvalue weighted by atomic mass is 16.5. The van der Waals surface area contributed by atoms with Crippen molar-refractivity contribution in [3.05, 3.63) is 29.8 Å². The van der Waals surface area contributed by atoms with Crippen LogP contribution in [0.25, 0.3) is 0 Å². The molecule has 1 aromatic carbocycles. The van der Waals surface area contributed by atoms with Crippen LogP contribution in [-0.4, -0.2) is 18.5 Å². The Morgan fingerprint density at radius 2 is 1.75 bits per heavy atom. The molecular formula is C20H28O4. The van der Waals surface area contributed by atoms with Crippen LogP contribution in [0.2, 0.25) is 0 Å². The Morgan fingerprint density at radius 3 is 2.50 bits per heavy atom. The Kier molecular flexibility index (Phi) is 7.80. The second kappa shape index (κ2) is 10.1. The minimum Gasteiger partial charge on any atom is -0.465 e. The van der Waals surface area contributed by atoms with Gasteiger partial charge in [-0.2, -0.15) is 0 Å². The van der Waals surface area contributed by atoms with Gasteiger partial charge in [0.05, 0.1) is 6.61 Å². The third kappa shape index (κ3) is 6.34. The molecule has 1 saturated carbocycles. The van der Waals surface area contributed by atoms with Gasteiger partial charge >= 0.3 is 11.9 Å². The maximum Gasteiger partial charge on any atom is 0.311 e. The number of ether oxygens (including phenoxy) is 2. The first-order valence-corrected chi connectivity index (χ1v) is 9.13. The molecule has 0 spiro atoms. The number of esters is 2. The third-order valence-corrected chi connectivity index (χ3v) is 4.54. The molecule has 132 valence electrons. The molecule has 0 radical (unpaired) electrons. The van der Waals surface area contributed by atoms with Crippen molar-refractivity contribution in [1.29, 1.82) is 0 Å². The molecule has 0 N–H and O–H groups in total. The highest BCUT2D eigenvalue weighted by Gasteiger charge is 2.16. The predicted molar refractivity (Wildman–Crippen MR) is 92.8 cm³/mol. The maximum atomic E-state index is 11.9. The largest absolute Gasteiger partial charge is 0.465 e. The van der Waals surface area contributed by atoms with Crippen LogP contribution in [0.1, 0.15) is 63.9 Å². The van der Waals surface area contributed by atoms with Crippen molar-refractivity contribution in [3.63, 3.8) is 0 Å². The fourth-order valence-corrected chi connectivity index (χ4v) is 3.08. The van der Waals surface area contributed by atoms with E-state index in [2.05, 4.69) is 0 Å². The number of aryl methyl sites for hydroxylation is 1. The summed E-state index contributed by atoms with van der Waals surface area (Å²) in [6.45, 7) is 2.56. The van der Waals surface area contributed by atoms with Gasteiger partial charge in [-0.05, 0) is 43.2 Å². The van der Waals surface area contributed by atoms with Crippen LogP contribution < -0.4 is 4.74 Å². The van der Waals surface area contributed by atoms with Crippen molar-refractivity contribution in [2.45, 2.75) is 64.7 Å². The van der Waals surface area contributed by atoms with Gasteiger partial charge in [0.15, 0.2) is 0 Å². The van der Waals surface area contributed by atoms with Crippen molar-refractivity contribution in [3.8, 4) is 5.75 Å². The molecule has 0 unspecified atom stereocenters. The number of carbonyl (C=O) groups is 2. The summed E-state index contributed by atoms with van der Waals surface area (Å²) in [4.78, 5) is 23.6. The van der Waals surface area contributed by atoms with E-state index in [0.29, 0.717) is 24.7 Å². The van der Waals surface area contributed by atoms with Crippen LogP contribution in [0.15, 0.2) is 24.3 Å². The molecule has 0 amide bonds. The quantitative estimate of drug-likeness (QED) is 0.521. The molecule has 24 heavy (non-hydrogen) atoms. The van der Waals surface area contributed by atoms with Gasteiger partial charge in [-0.3, -0.25) is 9.59 Å². The van der Waals surface area contributed by atoms with E-state index in [1.54, 1.807) is 6.07 Å². The smallest absolute Gasteiger partial charge is 0.311 e. The van der Waals surface area contributed by atoms with Gasteiger partial charge in [0.1, 0.15) is 5.75 Å². The maximum absolute atomic E-state index is 11.9. The van der Waals surface area contributed by atoms with Crippen molar-refractivity contribution in [1.82, 2.24) is 0 Å². The molecule has 4 nitrogen and oxygen atoms in total. The van der Waals surface area contributed by atoms with Crippen LogP contribution in [-0.2, 0) is 20.7 Å². The van der Waals surface area contributed by atoms with Crippen LogP contribution in [0.3, 0.4) is 0 Å². The number of para-hydroxylation sites is 1. The average molecular weight is 332 g/mol. The molecule has 0 atom stereocenters. The summed E-state index contributed by atoms with van der Waals surface area (Å²) in [7, 11) is 0. The molecule has 0 bridgehead atoms. The van der Waals surface area contributed by atoms with Gasteiger partial charge in [0, 0.05) is 12.8 Å². The lowest BCUT2D eigenvalue weighted by atomic mass is 9.90. The van der Waals surface area contributed by atoms with Crippen LogP contribution in [0, 0.1) is 5.92 Å². The van der Waals surface area contributed by atoms with Gasteiger partial charge in [0.25, 0.3) is 0 Å². The van der Waals surface area contributed by atoms with E-state index in [4.69, 9.17) is 9.47 Å². The normalized spacial score (nSPS) is 15.0. The van der Waals surface area contributed by atoms with Crippen molar-refractivity contribution in [2.24, 2.45) is 5.92 Å². The highest BCUT2D eigenvalue weighted by Crippen LogP contribution is 2.24. The standard InChI is InChI=1S/C20H28O4/c1-2-17-11-6-7-12-18(17)24-20(22)14-8-13-19(21)23-15-16-9-4-3-5-10-16/h6-7,11-12,16H,2-5,8-10,13-15H2,1H3. The van der Waals surface area contributed by atoms with E-state index >= 15 is 0 Å².